The van der Waals surface area contributed by atoms with E-state index in [0.29, 0.717) is 11.0 Å². The highest BCUT2D eigenvalue weighted by Crippen LogP contribution is 2.34. The van der Waals surface area contributed by atoms with Crippen LogP contribution in [0, 0.1) is 11.3 Å². The van der Waals surface area contributed by atoms with Crippen molar-refractivity contribution in [1.29, 1.82) is 0 Å². The minimum atomic E-state index is -0.216. The summed E-state index contributed by atoms with van der Waals surface area (Å²) in [5, 5.41) is 0. The number of hydrogen-bond donors (Lipinski definition) is 2. The molecule has 0 aromatic heterocycles. The third kappa shape index (κ3) is 3.38. The Kier molecular flexibility index (Phi) is 4.45. The smallest absolute Gasteiger partial charge is 0.265 e. The zero-order valence-electron chi connectivity index (χ0n) is 12.6. The largest absolute Gasteiger partial charge is 0.299 e. The molecule has 3 N–H and O–H groups in total. The topological polar surface area (TPSA) is 58.4 Å². The Bertz CT molecular complexity index is 479. The second kappa shape index (κ2) is 5.94. The van der Waals surface area contributed by atoms with Crippen molar-refractivity contribution < 1.29 is 4.79 Å². The summed E-state index contributed by atoms with van der Waals surface area (Å²) in [4.78, 5) is 14.2. The normalized spacial score (nSPS) is 20.1. The van der Waals surface area contributed by atoms with E-state index in [9.17, 15) is 4.79 Å². The number of nitrogens with two attached hydrogens (primary N) is 1. The fourth-order valence-electron chi connectivity index (χ4n) is 2.88. The fourth-order valence-corrected chi connectivity index (χ4v) is 2.88. The number of amides is 1. The molecule has 1 heterocycles. The number of hydrazine groups is 1. The summed E-state index contributed by atoms with van der Waals surface area (Å²) in [7, 11) is 0. The van der Waals surface area contributed by atoms with E-state index in [1.165, 1.54) is 6.42 Å². The first-order valence-electron chi connectivity index (χ1n) is 7.23. The Hall–Kier alpha value is -1.39. The molecule has 1 aliphatic rings. The minimum absolute atomic E-state index is 0.216. The molecule has 0 saturated carbocycles. The Morgan fingerprint density at radius 2 is 2.10 bits per heavy atom. The maximum absolute atomic E-state index is 11.8. The van der Waals surface area contributed by atoms with Crippen LogP contribution in [0.15, 0.2) is 24.3 Å². The van der Waals surface area contributed by atoms with E-state index in [2.05, 4.69) is 31.1 Å². The third-order valence-corrected chi connectivity index (χ3v) is 4.28. The molecule has 1 aromatic rings. The number of rotatable bonds is 3. The standard InChI is InChI=1S/C16H25N3O/c1-16(2,3)13-8-9-19(11-13)10-12-6-4-5-7-14(12)15(20)18-17/h4-7,13H,8-11,17H2,1-3H3,(H,18,20). The van der Waals surface area contributed by atoms with Crippen molar-refractivity contribution in [3.05, 3.63) is 35.4 Å². The first-order valence-corrected chi connectivity index (χ1v) is 7.23. The van der Waals surface area contributed by atoms with E-state index in [0.717, 1.165) is 31.1 Å². The van der Waals surface area contributed by atoms with E-state index in [4.69, 9.17) is 5.84 Å². The SMILES string of the molecule is CC(C)(C)C1CCN(Cc2ccccc2C(=O)NN)C1. The lowest BCUT2D eigenvalue weighted by atomic mass is 9.80. The Morgan fingerprint density at radius 3 is 2.70 bits per heavy atom. The van der Waals surface area contributed by atoms with Gasteiger partial charge in [0, 0.05) is 18.7 Å². The predicted molar refractivity (Wildman–Crippen MR) is 80.9 cm³/mol. The van der Waals surface area contributed by atoms with Crippen LogP contribution < -0.4 is 11.3 Å². The van der Waals surface area contributed by atoms with Gasteiger partial charge in [-0.05, 0) is 35.9 Å². The molecule has 1 fully saturated rings. The van der Waals surface area contributed by atoms with Crippen LogP contribution in [0.4, 0.5) is 0 Å². The summed E-state index contributed by atoms with van der Waals surface area (Å²) >= 11 is 0. The van der Waals surface area contributed by atoms with Gasteiger partial charge < -0.3 is 0 Å². The Labute approximate surface area is 121 Å². The van der Waals surface area contributed by atoms with Gasteiger partial charge in [-0.2, -0.15) is 0 Å². The number of benzene rings is 1. The summed E-state index contributed by atoms with van der Waals surface area (Å²) in [6.07, 6.45) is 1.23. The first kappa shape index (κ1) is 15.0. The molecule has 2 rings (SSSR count). The molecule has 0 spiro atoms. The van der Waals surface area contributed by atoms with Crippen LogP contribution in [-0.2, 0) is 6.54 Å². The second-order valence-corrected chi connectivity index (χ2v) is 6.72. The maximum atomic E-state index is 11.8. The van der Waals surface area contributed by atoms with Crippen LogP contribution >= 0.6 is 0 Å². The van der Waals surface area contributed by atoms with Crippen LogP contribution in [0.2, 0.25) is 0 Å². The molecule has 110 valence electrons. The van der Waals surface area contributed by atoms with Crippen molar-refractivity contribution in [2.24, 2.45) is 17.2 Å². The van der Waals surface area contributed by atoms with Crippen LogP contribution in [0.1, 0.15) is 43.1 Å². The van der Waals surface area contributed by atoms with Gasteiger partial charge in [0.2, 0.25) is 0 Å². The van der Waals surface area contributed by atoms with Gasteiger partial charge in [-0.15, -0.1) is 0 Å². The molecular weight excluding hydrogens is 250 g/mol. The van der Waals surface area contributed by atoms with E-state index >= 15 is 0 Å². The number of carbonyl (C=O) groups is 1. The van der Waals surface area contributed by atoms with Crippen molar-refractivity contribution in [3.63, 3.8) is 0 Å². The quantitative estimate of drug-likeness (QED) is 0.505. The first-order chi connectivity index (χ1) is 9.41. The van der Waals surface area contributed by atoms with Crippen molar-refractivity contribution in [2.45, 2.75) is 33.7 Å². The van der Waals surface area contributed by atoms with Gasteiger partial charge in [-0.1, -0.05) is 39.0 Å². The number of hydrogen-bond acceptors (Lipinski definition) is 3. The van der Waals surface area contributed by atoms with Crippen molar-refractivity contribution >= 4 is 5.91 Å². The molecule has 1 atom stereocenters. The molecule has 20 heavy (non-hydrogen) atoms. The van der Waals surface area contributed by atoms with Gasteiger partial charge in [-0.3, -0.25) is 15.1 Å². The summed E-state index contributed by atoms with van der Waals surface area (Å²) < 4.78 is 0. The number of nitrogens with zero attached hydrogens (tertiary/aromatic N) is 1. The van der Waals surface area contributed by atoms with E-state index in [-0.39, 0.29) is 5.91 Å². The van der Waals surface area contributed by atoms with Crippen molar-refractivity contribution in [2.75, 3.05) is 13.1 Å². The molecule has 0 aliphatic carbocycles. The molecule has 1 amide bonds. The Morgan fingerprint density at radius 1 is 1.40 bits per heavy atom. The zero-order chi connectivity index (χ0) is 14.8. The molecular formula is C16H25N3O. The van der Waals surface area contributed by atoms with E-state index in [1.807, 2.05) is 24.3 Å². The highest BCUT2D eigenvalue weighted by Gasteiger charge is 2.31. The third-order valence-electron chi connectivity index (χ3n) is 4.28. The van der Waals surface area contributed by atoms with E-state index in [1.54, 1.807) is 0 Å². The molecule has 1 unspecified atom stereocenters. The van der Waals surface area contributed by atoms with Gasteiger partial charge in [0.25, 0.3) is 5.91 Å². The summed E-state index contributed by atoms with van der Waals surface area (Å²) in [5.74, 6) is 5.75. The highest BCUT2D eigenvalue weighted by atomic mass is 16.2. The highest BCUT2D eigenvalue weighted by molar-refractivity contribution is 5.95. The number of carbonyl (C=O) groups excluding carboxylic acids is 1. The average Bonchev–Trinajstić information content (AvgIpc) is 2.87. The minimum Gasteiger partial charge on any atom is -0.299 e. The lowest BCUT2D eigenvalue weighted by molar-refractivity contribution is 0.0951. The number of likely N-dealkylation sites (tertiary alicyclic amines) is 1. The van der Waals surface area contributed by atoms with Crippen LogP contribution in [0.5, 0.6) is 0 Å². The van der Waals surface area contributed by atoms with Gasteiger partial charge in [-0.25, -0.2) is 5.84 Å². The zero-order valence-corrected chi connectivity index (χ0v) is 12.6. The maximum Gasteiger partial charge on any atom is 0.265 e. The van der Waals surface area contributed by atoms with Crippen LogP contribution in [0.25, 0.3) is 0 Å². The van der Waals surface area contributed by atoms with Gasteiger partial charge in [0.1, 0.15) is 0 Å². The van der Waals surface area contributed by atoms with Crippen molar-refractivity contribution in [1.82, 2.24) is 10.3 Å². The number of nitrogen functional groups attached to an aromatic ring is 1. The van der Waals surface area contributed by atoms with Crippen LogP contribution in [-0.4, -0.2) is 23.9 Å². The molecule has 1 aromatic carbocycles. The summed E-state index contributed by atoms with van der Waals surface area (Å²) in [5.41, 5.74) is 4.29. The van der Waals surface area contributed by atoms with E-state index < -0.39 is 0 Å². The summed E-state index contributed by atoms with van der Waals surface area (Å²) in [6.45, 7) is 9.92. The summed E-state index contributed by atoms with van der Waals surface area (Å²) in [6, 6.07) is 7.68. The monoisotopic (exact) mass is 275 g/mol. The van der Waals surface area contributed by atoms with Gasteiger partial charge >= 0.3 is 0 Å². The Balaban J connectivity index is 2.07. The van der Waals surface area contributed by atoms with Crippen molar-refractivity contribution in [3.8, 4) is 0 Å². The molecule has 4 nitrogen and oxygen atoms in total. The predicted octanol–water partition coefficient (Wildman–Crippen LogP) is 2.16. The second-order valence-electron chi connectivity index (χ2n) is 6.72. The lowest BCUT2D eigenvalue weighted by Crippen LogP contribution is -2.32. The number of nitrogens with one attached hydrogen (secondary N) is 1. The molecule has 0 bridgehead atoms. The van der Waals surface area contributed by atoms with Gasteiger partial charge in [0.05, 0.1) is 0 Å². The molecule has 4 heteroatoms. The van der Waals surface area contributed by atoms with Crippen LogP contribution in [0.3, 0.4) is 0 Å². The lowest BCUT2D eigenvalue weighted by Gasteiger charge is -2.27. The van der Waals surface area contributed by atoms with Gasteiger partial charge in [0.15, 0.2) is 0 Å². The molecule has 1 saturated heterocycles. The molecule has 0 radical (unpaired) electrons. The molecule has 1 aliphatic heterocycles. The average molecular weight is 275 g/mol. The fraction of sp³-hybridized carbons (Fsp3) is 0.562.